The lowest BCUT2D eigenvalue weighted by Crippen LogP contribution is -2.28. The van der Waals surface area contributed by atoms with Gasteiger partial charge in [0.05, 0.1) is 12.2 Å². The fraction of sp³-hybridized carbons (Fsp3) is 0.231. The highest BCUT2D eigenvalue weighted by molar-refractivity contribution is 5.98. The van der Waals surface area contributed by atoms with Crippen LogP contribution >= 0.6 is 0 Å². The first-order valence-corrected chi connectivity index (χ1v) is 5.48. The first kappa shape index (κ1) is 11.5. The van der Waals surface area contributed by atoms with E-state index in [1.165, 1.54) is 0 Å². The van der Waals surface area contributed by atoms with E-state index in [0.29, 0.717) is 5.69 Å². The Morgan fingerprint density at radius 3 is 2.59 bits per heavy atom. The van der Waals surface area contributed by atoms with Gasteiger partial charge < -0.3 is 10.3 Å². The first-order chi connectivity index (χ1) is 8.11. The third kappa shape index (κ3) is 2.12. The molecule has 88 valence electrons. The standard InChI is InChI=1S/C13H15N3O/c1-9(14)12(17)11-8-15-13(16(11)2)10-6-4-3-5-7-10/h3-9H,14H2,1-2H3. The number of carbonyl (C=O) groups is 1. The molecule has 0 aliphatic heterocycles. The molecule has 2 aromatic rings. The van der Waals surface area contributed by atoms with Gasteiger partial charge in [0.25, 0.3) is 0 Å². The van der Waals surface area contributed by atoms with Gasteiger partial charge in [-0.25, -0.2) is 4.98 Å². The van der Waals surface area contributed by atoms with Gasteiger partial charge in [-0.05, 0) is 6.92 Å². The lowest BCUT2D eigenvalue weighted by atomic mass is 10.2. The molecule has 0 fully saturated rings. The minimum Gasteiger partial charge on any atom is -0.325 e. The smallest absolute Gasteiger partial charge is 0.197 e. The molecule has 0 bridgehead atoms. The number of imidazole rings is 1. The maximum Gasteiger partial charge on any atom is 0.197 e. The minimum absolute atomic E-state index is 0.0952. The monoisotopic (exact) mass is 229 g/mol. The van der Waals surface area contributed by atoms with Gasteiger partial charge in [0.15, 0.2) is 5.78 Å². The van der Waals surface area contributed by atoms with Crippen LogP contribution in [-0.4, -0.2) is 21.4 Å². The molecule has 1 atom stereocenters. The van der Waals surface area contributed by atoms with E-state index in [-0.39, 0.29) is 5.78 Å². The van der Waals surface area contributed by atoms with Crippen molar-refractivity contribution in [3.63, 3.8) is 0 Å². The molecule has 0 saturated carbocycles. The first-order valence-electron chi connectivity index (χ1n) is 5.48. The Bertz CT molecular complexity index is 529. The van der Waals surface area contributed by atoms with E-state index in [1.54, 1.807) is 17.7 Å². The molecule has 0 saturated heterocycles. The number of aromatic nitrogens is 2. The summed E-state index contributed by atoms with van der Waals surface area (Å²) in [7, 11) is 1.82. The number of Topliss-reactive ketones (excluding diaryl/α,β-unsaturated/α-hetero) is 1. The number of hydrogen-bond acceptors (Lipinski definition) is 3. The molecule has 0 amide bonds. The van der Waals surface area contributed by atoms with Crippen molar-refractivity contribution in [1.82, 2.24) is 9.55 Å². The maximum absolute atomic E-state index is 11.8. The molecule has 0 aliphatic carbocycles. The molecule has 2 N–H and O–H groups in total. The predicted octanol–water partition coefficient (Wildman–Crippen LogP) is 1.62. The summed E-state index contributed by atoms with van der Waals surface area (Å²) in [6, 6.07) is 9.24. The van der Waals surface area contributed by atoms with E-state index in [0.717, 1.165) is 11.4 Å². The number of carbonyl (C=O) groups excluding carboxylic acids is 1. The number of ketones is 1. The van der Waals surface area contributed by atoms with Gasteiger partial charge in [-0.3, -0.25) is 4.79 Å². The second-order valence-electron chi connectivity index (χ2n) is 4.05. The molecule has 0 spiro atoms. The molecular weight excluding hydrogens is 214 g/mol. The molecular formula is C13H15N3O. The molecule has 1 aromatic carbocycles. The van der Waals surface area contributed by atoms with Gasteiger partial charge in [0.1, 0.15) is 11.5 Å². The van der Waals surface area contributed by atoms with Gasteiger partial charge in [-0.15, -0.1) is 0 Å². The van der Waals surface area contributed by atoms with Crippen LogP contribution in [0.1, 0.15) is 17.4 Å². The summed E-state index contributed by atoms with van der Waals surface area (Å²) in [5.74, 6) is 0.678. The van der Waals surface area contributed by atoms with Crippen LogP contribution in [0.3, 0.4) is 0 Å². The van der Waals surface area contributed by atoms with Crippen molar-refractivity contribution in [1.29, 1.82) is 0 Å². The number of hydrogen-bond donors (Lipinski definition) is 1. The zero-order chi connectivity index (χ0) is 12.4. The Labute approximate surface area is 100 Å². The molecule has 0 radical (unpaired) electrons. The van der Waals surface area contributed by atoms with Crippen molar-refractivity contribution in [2.45, 2.75) is 13.0 Å². The lowest BCUT2D eigenvalue weighted by molar-refractivity contribution is 0.0960. The van der Waals surface area contributed by atoms with Gasteiger partial charge in [-0.1, -0.05) is 30.3 Å². The highest BCUT2D eigenvalue weighted by Gasteiger charge is 2.17. The second-order valence-corrected chi connectivity index (χ2v) is 4.05. The van der Waals surface area contributed by atoms with Crippen LogP contribution in [0.15, 0.2) is 36.5 Å². The van der Waals surface area contributed by atoms with Crippen LogP contribution in [0.4, 0.5) is 0 Å². The average molecular weight is 229 g/mol. The van der Waals surface area contributed by atoms with Crippen molar-refractivity contribution in [3.8, 4) is 11.4 Å². The van der Waals surface area contributed by atoms with Gasteiger partial charge >= 0.3 is 0 Å². The fourth-order valence-corrected chi connectivity index (χ4v) is 1.73. The highest BCUT2D eigenvalue weighted by atomic mass is 16.1. The van der Waals surface area contributed by atoms with Crippen molar-refractivity contribution in [2.75, 3.05) is 0 Å². The zero-order valence-electron chi connectivity index (χ0n) is 9.92. The summed E-state index contributed by atoms with van der Waals surface area (Å²) in [5, 5.41) is 0. The molecule has 1 unspecified atom stereocenters. The van der Waals surface area contributed by atoms with E-state index in [4.69, 9.17) is 5.73 Å². The lowest BCUT2D eigenvalue weighted by Gasteiger charge is -2.07. The summed E-state index contributed by atoms with van der Waals surface area (Å²) in [4.78, 5) is 16.1. The van der Waals surface area contributed by atoms with E-state index in [2.05, 4.69) is 4.98 Å². The Morgan fingerprint density at radius 2 is 2.00 bits per heavy atom. The summed E-state index contributed by atoms with van der Waals surface area (Å²) in [6.45, 7) is 1.68. The fourth-order valence-electron chi connectivity index (χ4n) is 1.73. The normalized spacial score (nSPS) is 12.4. The van der Waals surface area contributed by atoms with E-state index >= 15 is 0 Å². The number of benzene rings is 1. The largest absolute Gasteiger partial charge is 0.325 e. The summed E-state index contributed by atoms with van der Waals surface area (Å²) < 4.78 is 1.78. The quantitative estimate of drug-likeness (QED) is 0.813. The number of rotatable bonds is 3. The van der Waals surface area contributed by atoms with Gasteiger partial charge in [-0.2, -0.15) is 0 Å². The molecule has 1 aromatic heterocycles. The Morgan fingerprint density at radius 1 is 1.35 bits per heavy atom. The second kappa shape index (κ2) is 4.51. The molecule has 0 aliphatic rings. The van der Waals surface area contributed by atoms with Crippen LogP contribution in [0.2, 0.25) is 0 Å². The highest BCUT2D eigenvalue weighted by Crippen LogP contribution is 2.18. The average Bonchev–Trinajstić information content (AvgIpc) is 2.71. The van der Waals surface area contributed by atoms with Gasteiger partial charge in [0.2, 0.25) is 0 Å². The van der Waals surface area contributed by atoms with Crippen molar-refractivity contribution in [2.24, 2.45) is 12.8 Å². The molecule has 2 rings (SSSR count). The summed E-state index contributed by atoms with van der Waals surface area (Å²) >= 11 is 0. The predicted molar refractivity (Wildman–Crippen MR) is 66.6 cm³/mol. The molecule has 1 heterocycles. The minimum atomic E-state index is -0.506. The van der Waals surface area contributed by atoms with E-state index in [9.17, 15) is 4.79 Å². The van der Waals surface area contributed by atoms with Gasteiger partial charge in [0, 0.05) is 12.6 Å². The van der Waals surface area contributed by atoms with Crippen molar-refractivity contribution < 1.29 is 4.79 Å². The maximum atomic E-state index is 11.8. The third-order valence-electron chi connectivity index (χ3n) is 2.69. The molecule has 4 nitrogen and oxygen atoms in total. The summed E-state index contributed by atoms with van der Waals surface area (Å²) in [6.07, 6.45) is 1.58. The van der Waals surface area contributed by atoms with Crippen LogP contribution in [0.5, 0.6) is 0 Å². The summed E-state index contributed by atoms with van der Waals surface area (Å²) in [5.41, 5.74) is 7.12. The third-order valence-corrected chi connectivity index (χ3v) is 2.69. The van der Waals surface area contributed by atoms with Crippen LogP contribution in [-0.2, 0) is 7.05 Å². The topological polar surface area (TPSA) is 60.9 Å². The van der Waals surface area contributed by atoms with Crippen molar-refractivity contribution >= 4 is 5.78 Å². The van der Waals surface area contributed by atoms with Crippen LogP contribution in [0, 0.1) is 0 Å². The number of nitrogens with zero attached hydrogens (tertiary/aromatic N) is 2. The Hall–Kier alpha value is -1.94. The molecule has 17 heavy (non-hydrogen) atoms. The Balaban J connectivity index is 2.44. The van der Waals surface area contributed by atoms with Crippen molar-refractivity contribution in [3.05, 3.63) is 42.2 Å². The number of nitrogens with two attached hydrogens (primary N) is 1. The molecule has 4 heteroatoms. The van der Waals surface area contributed by atoms with E-state index < -0.39 is 6.04 Å². The zero-order valence-corrected chi connectivity index (χ0v) is 9.92. The van der Waals surface area contributed by atoms with Crippen LogP contribution < -0.4 is 5.73 Å². The SMILES string of the molecule is CC(N)C(=O)c1cnc(-c2ccccc2)n1C. The van der Waals surface area contributed by atoms with Crippen LogP contribution in [0.25, 0.3) is 11.4 Å². The Kier molecular flexibility index (Phi) is 3.06. The van der Waals surface area contributed by atoms with E-state index in [1.807, 2.05) is 37.4 Å².